The summed E-state index contributed by atoms with van der Waals surface area (Å²) in [5.74, 6) is 0. The first-order valence-corrected chi connectivity index (χ1v) is 5.41. The van der Waals surface area contributed by atoms with Crippen LogP contribution in [0.25, 0.3) is 0 Å². The van der Waals surface area contributed by atoms with Gasteiger partial charge in [0.1, 0.15) is 0 Å². The number of rotatable bonds is 4. The van der Waals surface area contributed by atoms with Gasteiger partial charge in [0.2, 0.25) is 0 Å². The number of likely N-dealkylation sites (tertiary alicyclic amines) is 1. The second-order valence-corrected chi connectivity index (χ2v) is 4.44. The molecule has 1 rings (SSSR count). The van der Waals surface area contributed by atoms with Crippen molar-refractivity contribution >= 4 is 0 Å². The molecule has 0 aromatic heterocycles. The molecule has 1 aliphatic heterocycles. The fraction of sp³-hybridized carbons (Fsp3) is 1.00. The molecule has 0 aromatic carbocycles. The summed E-state index contributed by atoms with van der Waals surface area (Å²) in [7, 11) is 2.25. The van der Waals surface area contributed by atoms with Gasteiger partial charge in [0.05, 0.1) is 0 Å². The van der Waals surface area contributed by atoms with Gasteiger partial charge in [-0.2, -0.15) is 0 Å². The third-order valence-corrected chi connectivity index (χ3v) is 3.44. The summed E-state index contributed by atoms with van der Waals surface area (Å²) in [6.45, 7) is 7.30. The molecule has 0 N–H and O–H groups in total. The van der Waals surface area contributed by atoms with E-state index in [2.05, 4.69) is 25.8 Å². The molecular weight excluding hydrogens is 146 g/mol. The highest BCUT2D eigenvalue weighted by Gasteiger charge is 2.33. The number of hydrogen-bond donors (Lipinski definition) is 0. The second kappa shape index (κ2) is 4.27. The van der Waals surface area contributed by atoms with Crippen molar-refractivity contribution in [2.75, 3.05) is 20.1 Å². The normalized spacial score (nSPS) is 31.2. The van der Waals surface area contributed by atoms with Gasteiger partial charge in [-0.1, -0.05) is 26.7 Å². The lowest BCUT2D eigenvalue weighted by molar-refractivity contribution is 0.244. The van der Waals surface area contributed by atoms with Crippen LogP contribution in [0.3, 0.4) is 0 Å². The Hall–Kier alpha value is -0.0400. The monoisotopic (exact) mass is 169 g/mol. The van der Waals surface area contributed by atoms with Crippen LogP contribution in [0.5, 0.6) is 0 Å². The molecule has 1 nitrogen and oxygen atoms in total. The minimum Gasteiger partial charge on any atom is -0.306 e. The largest absolute Gasteiger partial charge is 0.306 e. The van der Waals surface area contributed by atoms with Crippen LogP contribution in [0.4, 0.5) is 0 Å². The lowest BCUT2D eigenvalue weighted by Gasteiger charge is -2.27. The molecule has 0 bridgehead atoms. The van der Waals surface area contributed by atoms with Crippen LogP contribution in [-0.2, 0) is 0 Å². The predicted octanol–water partition coefficient (Wildman–Crippen LogP) is 2.91. The zero-order valence-electron chi connectivity index (χ0n) is 8.90. The molecule has 0 spiro atoms. The summed E-state index contributed by atoms with van der Waals surface area (Å²) in [6, 6.07) is 0. The summed E-state index contributed by atoms with van der Waals surface area (Å²) in [6.07, 6.45) is 7.02. The van der Waals surface area contributed by atoms with Crippen LogP contribution in [0.15, 0.2) is 0 Å². The Morgan fingerprint density at radius 2 is 2.08 bits per heavy atom. The van der Waals surface area contributed by atoms with Gasteiger partial charge in [-0.25, -0.2) is 0 Å². The standard InChI is InChI=1S/C11H23N/c1-4-6-7-11(5-2)8-9-12(3)10-11/h4-10H2,1-3H3. The van der Waals surface area contributed by atoms with Gasteiger partial charge in [-0.3, -0.25) is 0 Å². The molecule has 1 saturated heterocycles. The van der Waals surface area contributed by atoms with Crippen molar-refractivity contribution in [2.24, 2.45) is 5.41 Å². The van der Waals surface area contributed by atoms with E-state index in [0.29, 0.717) is 5.41 Å². The van der Waals surface area contributed by atoms with Crippen molar-refractivity contribution in [3.05, 3.63) is 0 Å². The minimum absolute atomic E-state index is 0.685. The highest BCUT2D eigenvalue weighted by molar-refractivity contribution is 4.87. The van der Waals surface area contributed by atoms with Crippen LogP contribution in [0.1, 0.15) is 46.0 Å². The SMILES string of the molecule is CCCCC1(CC)CCN(C)C1. The van der Waals surface area contributed by atoms with Crippen LogP contribution in [0.2, 0.25) is 0 Å². The van der Waals surface area contributed by atoms with Gasteiger partial charge >= 0.3 is 0 Å². The first-order valence-electron chi connectivity index (χ1n) is 5.41. The molecule has 1 fully saturated rings. The lowest BCUT2D eigenvalue weighted by Crippen LogP contribution is -2.24. The Morgan fingerprint density at radius 3 is 2.50 bits per heavy atom. The van der Waals surface area contributed by atoms with Crippen molar-refractivity contribution in [3.63, 3.8) is 0 Å². The quantitative estimate of drug-likeness (QED) is 0.625. The van der Waals surface area contributed by atoms with E-state index >= 15 is 0 Å². The topological polar surface area (TPSA) is 3.24 Å². The fourth-order valence-electron chi connectivity index (χ4n) is 2.38. The van der Waals surface area contributed by atoms with E-state index in [4.69, 9.17) is 0 Å². The summed E-state index contributed by atoms with van der Waals surface area (Å²) >= 11 is 0. The van der Waals surface area contributed by atoms with Crippen LogP contribution in [-0.4, -0.2) is 25.0 Å². The van der Waals surface area contributed by atoms with E-state index < -0.39 is 0 Å². The van der Waals surface area contributed by atoms with E-state index in [1.807, 2.05) is 0 Å². The Kier molecular flexibility index (Phi) is 3.57. The number of hydrogen-bond acceptors (Lipinski definition) is 1. The van der Waals surface area contributed by atoms with Gasteiger partial charge in [-0.15, -0.1) is 0 Å². The van der Waals surface area contributed by atoms with Gasteiger partial charge < -0.3 is 4.90 Å². The Balaban J connectivity index is 2.41. The molecular formula is C11H23N. The van der Waals surface area contributed by atoms with Gasteiger partial charge in [0.15, 0.2) is 0 Å². The molecule has 1 heteroatoms. The minimum atomic E-state index is 0.685. The van der Waals surface area contributed by atoms with Crippen molar-refractivity contribution in [2.45, 2.75) is 46.0 Å². The van der Waals surface area contributed by atoms with Crippen molar-refractivity contribution in [1.82, 2.24) is 4.90 Å². The van der Waals surface area contributed by atoms with E-state index in [1.165, 1.54) is 45.2 Å². The van der Waals surface area contributed by atoms with Crippen LogP contribution < -0.4 is 0 Å². The molecule has 0 amide bonds. The molecule has 1 unspecified atom stereocenters. The third kappa shape index (κ3) is 2.22. The molecule has 0 radical (unpaired) electrons. The Morgan fingerprint density at radius 1 is 1.33 bits per heavy atom. The molecule has 1 heterocycles. The average Bonchev–Trinajstić information content (AvgIpc) is 2.45. The molecule has 0 saturated carbocycles. The van der Waals surface area contributed by atoms with Crippen molar-refractivity contribution in [3.8, 4) is 0 Å². The summed E-state index contributed by atoms with van der Waals surface area (Å²) in [4.78, 5) is 2.49. The van der Waals surface area contributed by atoms with Gasteiger partial charge in [-0.05, 0) is 38.3 Å². The van der Waals surface area contributed by atoms with E-state index in [0.717, 1.165) is 0 Å². The van der Waals surface area contributed by atoms with Gasteiger partial charge in [0, 0.05) is 6.54 Å². The fourth-order valence-corrected chi connectivity index (χ4v) is 2.38. The average molecular weight is 169 g/mol. The molecule has 12 heavy (non-hydrogen) atoms. The zero-order chi connectivity index (χ0) is 9.03. The smallest absolute Gasteiger partial charge is 0.00353 e. The zero-order valence-corrected chi connectivity index (χ0v) is 8.90. The molecule has 0 aliphatic carbocycles. The van der Waals surface area contributed by atoms with Crippen LogP contribution in [0, 0.1) is 5.41 Å². The summed E-state index contributed by atoms with van der Waals surface area (Å²) in [5, 5.41) is 0. The summed E-state index contributed by atoms with van der Waals surface area (Å²) < 4.78 is 0. The first kappa shape index (κ1) is 10.0. The van der Waals surface area contributed by atoms with E-state index in [1.54, 1.807) is 0 Å². The number of unbranched alkanes of at least 4 members (excludes halogenated alkanes) is 1. The third-order valence-electron chi connectivity index (χ3n) is 3.44. The molecule has 1 aliphatic rings. The molecule has 0 aromatic rings. The highest BCUT2D eigenvalue weighted by Crippen LogP contribution is 2.37. The lowest BCUT2D eigenvalue weighted by atomic mass is 9.79. The van der Waals surface area contributed by atoms with E-state index in [9.17, 15) is 0 Å². The summed E-state index contributed by atoms with van der Waals surface area (Å²) in [5.41, 5.74) is 0.685. The van der Waals surface area contributed by atoms with Crippen LogP contribution >= 0.6 is 0 Å². The highest BCUT2D eigenvalue weighted by atomic mass is 15.1. The maximum absolute atomic E-state index is 2.49. The maximum Gasteiger partial charge on any atom is 0.00353 e. The maximum atomic E-state index is 2.49. The molecule has 72 valence electrons. The first-order chi connectivity index (χ1) is 5.72. The number of nitrogens with zero attached hydrogens (tertiary/aromatic N) is 1. The van der Waals surface area contributed by atoms with Crippen molar-refractivity contribution < 1.29 is 0 Å². The van der Waals surface area contributed by atoms with Crippen molar-refractivity contribution in [1.29, 1.82) is 0 Å². The molecule has 1 atom stereocenters. The van der Waals surface area contributed by atoms with E-state index in [-0.39, 0.29) is 0 Å². The Labute approximate surface area is 77.1 Å². The Bertz CT molecular complexity index is 133. The predicted molar refractivity (Wildman–Crippen MR) is 54.4 cm³/mol. The second-order valence-electron chi connectivity index (χ2n) is 4.44. The van der Waals surface area contributed by atoms with Gasteiger partial charge in [0.25, 0.3) is 0 Å².